The third kappa shape index (κ3) is 3.55. The van der Waals surface area contributed by atoms with Crippen LogP contribution >= 0.6 is 11.3 Å². The van der Waals surface area contributed by atoms with Crippen LogP contribution in [-0.2, 0) is 18.4 Å². The van der Waals surface area contributed by atoms with Crippen molar-refractivity contribution in [1.29, 1.82) is 0 Å². The number of hydrogen-bond donors (Lipinski definition) is 1. The van der Waals surface area contributed by atoms with Gasteiger partial charge in [-0.05, 0) is 40.8 Å². The van der Waals surface area contributed by atoms with E-state index in [2.05, 4.69) is 52.8 Å². The Bertz CT molecular complexity index is 1200. The molecule has 1 N–H and O–H groups in total. The number of para-hydroxylation sites is 1. The molecule has 1 unspecified atom stereocenters. The fourth-order valence-electron chi connectivity index (χ4n) is 4.01. The Morgan fingerprint density at radius 3 is 2.87 bits per heavy atom. The van der Waals surface area contributed by atoms with Crippen LogP contribution in [0.1, 0.15) is 28.3 Å². The Morgan fingerprint density at radius 2 is 2.00 bits per heavy atom. The largest absolute Gasteiger partial charge is 0.454 e. The van der Waals surface area contributed by atoms with Crippen LogP contribution in [0.2, 0.25) is 0 Å². The van der Waals surface area contributed by atoms with Gasteiger partial charge in [0.25, 0.3) is 0 Å². The molecule has 152 valence electrons. The summed E-state index contributed by atoms with van der Waals surface area (Å²) in [5.74, 6) is 1.53. The Kier molecular flexibility index (Phi) is 4.93. The van der Waals surface area contributed by atoms with Gasteiger partial charge in [0, 0.05) is 47.9 Å². The lowest BCUT2D eigenvalue weighted by atomic mass is 9.93. The molecule has 1 aliphatic rings. The van der Waals surface area contributed by atoms with Crippen molar-refractivity contribution in [3.63, 3.8) is 0 Å². The molecular formula is C24H22N2O3S. The summed E-state index contributed by atoms with van der Waals surface area (Å²) in [4.78, 5) is 14.1. The molecule has 3 heterocycles. The minimum atomic E-state index is 0.0212. The number of nitrogens with zero attached hydrogens (tertiary/aromatic N) is 1. The molecule has 0 bridgehead atoms. The normalized spacial score (nSPS) is 13.5. The maximum absolute atomic E-state index is 12.9. The van der Waals surface area contributed by atoms with Crippen LogP contribution in [0.25, 0.3) is 10.9 Å². The van der Waals surface area contributed by atoms with Crippen molar-refractivity contribution in [2.24, 2.45) is 7.05 Å². The molecule has 0 saturated carbocycles. The van der Waals surface area contributed by atoms with Crippen molar-refractivity contribution in [1.82, 2.24) is 9.88 Å². The summed E-state index contributed by atoms with van der Waals surface area (Å²) in [6, 6.07) is 18.3. The maximum atomic E-state index is 12.9. The van der Waals surface area contributed by atoms with Crippen LogP contribution in [-0.4, -0.2) is 17.3 Å². The molecule has 2 aromatic carbocycles. The lowest BCUT2D eigenvalue weighted by Crippen LogP contribution is -2.24. The van der Waals surface area contributed by atoms with Gasteiger partial charge in [-0.1, -0.05) is 30.3 Å². The summed E-state index contributed by atoms with van der Waals surface area (Å²) in [6.45, 7) is 0.709. The zero-order valence-electron chi connectivity index (χ0n) is 16.6. The number of aromatic nitrogens is 1. The number of carbonyl (C=O) groups excluding carboxylic acids is 1. The van der Waals surface area contributed by atoms with Gasteiger partial charge in [-0.2, -0.15) is 0 Å². The zero-order valence-corrected chi connectivity index (χ0v) is 17.4. The number of carbonyl (C=O) groups is 1. The van der Waals surface area contributed by atoms with Crippen molar-refractivity contribution >= 4 is 28.1 Å². The molecule has 5 rings (SSSR count). The van der Waals surface area contributed by atoms with Gasteiger partial charge in [0.1, 0.15) is 0 Å². The zero-order chi connectivity index (χ0) is 20.5. The van der Waals surface area contributed by atoms with Crippen LogP contribution in [0, 0.1) is 0 Å². The first-order valence-corrected chi connectivity index (χ1v) is 10.8. The number of thiophene rings is 1. The summed E-state index contributed by atoms with van der Waals surface area (Å²) in [7, 11) is 2.05. The monoisotopic (exact) mass is 418 g/mol. The predicted octanol–water partition coefficient (Wildman–Crippen LogP) is 4.81. The third-order valence-corrected chi connectivity index (χ3v) is 6.49. The van der Waals surface area contributed by atoms with E-state index in [9.17, 15) is 4.79 Å². The van der Waals surface area contributed by atoms with Gasteiger partial charge in [-0.3, -0.25) is 4.79 Å². The fraction of sp³-hybridized carbons (Fsp3) is 0.208. The SMILES string of the molecule is Cn1cc(C(CC(=O)NCc2ccc3c(c2)OCO3)c2cccs2)c2ccccc21. The minimum absolute atomic E-state index is 0.0212. The molecule has 5 nitrogen and oxygen atoms in total. The standard InChI is InChI=1S/C24H22N2O3S/c1-26-14-19(17-5-2-3-6-20(17)26)18(23-7-4-10-30-23)12-24(27)25-13-16-8-9-21-22(11-16)29-15-28-21/h2-11,14,18H,12-13,15H2,1H3,(H,25,27). The molecule has 1 atom stereocenters. The van der Waals surface area contributed by atoms with E-state index in [4.69, 9.17) is 9.47 Å². The smallest absolute Gasteiger partial charge is 0.231 e. The van der Waals surface area contributed by atoms with E-state index in [1.807, 2.05) is 30.3 Å². The molecule has 30 heavy (non-hydrogen) atoms. The van der Waals surface area contributed by atoms with Gasteiger partial charge in [-0.15, -0.1) is 11.3 Å². The van der Waals surface area contributed by atoms with Gasteiger partial charge in [0.05, 0.1) is 0 Å². The van der Waals surface area contributed by atoms with Crippen LogP contribution in [0.3, 0.4) is 0 Å². The fourth-order valence-corrected chi connectivity index (χ4v) is 4.86. The molecule has 0 radical (unpaired) electrons. The van der Waals surface area contributed by atoms with Crippen molar-refractivity contribution in [3.05, 3.63) is 82.2 Å². The Morgan fingerprint density at radius 1 is 1.13 bits per heavy atom. The summed E-state index contributed by atoms with van der Waals surface area (Å²) in [6.07, 6.45) is 2.55. The second-order valence-electron chi connectivity index (χ2n) is 7.45. The van der Waals surface area contributed by atoms with E-state index < -0.39 is 0 Å². The number of nitrogens with one attached hydrogen (secondary N) is 1. The van der Waals surface area contributed by atoms with E-state index in [0.717, 1.165) is 17.1 Å². The highest BCUT2D eigenvalue weighted by Gasteiger charge is 2.23. The minimum Gasteiger partial charge on any atom is -0.454 e. The number of hydrogen-bond acceptors (Lipinski definition) is 4. The first-order valence-electron chi connectivity index (χ1n) is 9.91. The van der Waals surface area contributed by atoms with E-state index in [1.165, 1.54) is 21.3 Å². The van der Waals surface area contributed by atoms with Crippen molar-refractivity contribution in [3.8, 4) is 11.5 Å². The van der Waals surface area contributed by atoms with Gasteiger partial charge >= 0.3 is 0 Å². The van der Waals surface area contributed by atoms with Crippen molar-refractivity contribution < 1.29 is 14.3 Å². The molecule has 4 aromatic rings. The summed E-state index contributed by atoms with van der Waals surface area (Å²) < 4.78 is 12.9. The van der Waals surface area contributed by atoms with Crippen LogP contribution in [0.5, 0.6) is 11.5 Å². The maximum Gasteiger partial charge on any atom is 0.231 e. The molecule has 0 saturated heterocycles. The number of amides is 1. The summed E-state index contributed by atoms with van der Waals surface area (Å²) >= 11 is 1.69. The van der Waals surface area contributed by atoms with E-state index in [1.54, 1.807) is 11.3 Å². The third-order valence-electron chi connectivity index (χ3n) is 5.51. The van der Waals surface area contributed by atoms with Gasteiger partial charge < -0.3 is 19.4 Å². The molecule has 0 fully saturated rings. The number of fused-ring (bicyclic) bond motifs is 2. The molecule has 0 aliphatic carbocycles. The Balaban J connectivity index is 1.36. The predicted molar refractivity (Wildman–Crippen MR) is 118 cm³/mol. The van der Waals surface area contributed by atoms with E-state index in [0.29, 0.717) is 13.0 Å². The van der Waals surface area contributed by atoms with Crippen molar-refractivity contribution in [2.75, 3.05) is 6.79 Å². The second kappa shape index (κ2) is 7.88. The highest BCUT2D eigenvalue weighted by atomic mass is 32.1. The Labute approximate surface area is 178 Å². The average molecular weight is 419 g/mol. The first kappa shape index (κ1) is 18.8. The number of rotatable bonds is 6. The second-order valence-corrected chi connectivity index (χ2v) is 8.43. The number of benzene rings is 2. The summed E-state index contributed by atoms with van der Waals surface area (Å²) in [5, 5.41) is 6.33. The van der Waals surface area contributed by atoms with Crippen LogP contribution < -0.4 is 14.8 Å². The molecule has 6 heteroatoms. The van der Waals surface area contributed by atoms with Crippen molar-refractivity contribution in [2.45, 2.75) is 18.9 Å². The molecule has 1 aliphatic heterocycles. The quantitative estimate of drug-likeness (QED) is 0.489. The van der Waals surface area contributed by atoms with Gasteiger partial charge in [-0.25, -0.2) is 0 Å². The van der Waals surface area contributed by atoms with Crippen LogP contribution in [0.4, 0.5) is 0 Å². The lowest BCUT2D eigenvalue weighted by Gasteiger charge is -2.15. The highest BCUT2D eigenvalue weighted by molar-refractivity contribution is 7.10. The lowest BCUT2D eigenvalue weighted by molar-refractivity contribution is -0.121. The van der Waals surface area contributed by atoms with Gasteiger partial charge in [0.2, 0.25) is 12.7 Å². The number of aryl methyl sites for hydroxylation is 1. The Hall–Kier alpha value is -3.25. The topological polar surface area (TPSA) is 52.5 Å². The summed E-state index contributed by atoms with van der Waals surface area (Å²) in [5.41, 5.74) is 3.36. The van der Waals surface area contributed by atoms with Crippen LogP contribution in [0.15, 0.2) is 66.2 Å². The van der Waals surface area contributed by atoms with Gasteiger partial charge in [0.15, 0.2) is 11.5 Å². The van der Waals surface area contributed by atoms with E-state index >= 15 is 0 Å². The highest BCUT2D eigenvalue weighted by Crippen LogP contribution is 2.36. The first-order chi connectivity index (χ1) is 14.7. The molecule has 0 spiro atoms. The number of ether oxygens (including phenoxy) is 2. The molecule has 2 aromatic heterocycles. The average Bonchev–Trinajstić information content (AvgIpc) is 3.51. The van der Waals surface area contributed by atoms with E-state index in [-0.39, 0.29) is 18.6 Å². The molecule has 1 amide bonds. The molecular weight excluding hydrogens is 396 g/mol.